The second-order valence-corrected chi connectivity index (χ2v) is 8.97. The minimum atomic E-state index is -0.0524. The van der Waals surface area contributed by atoms with Crippen LogP contribution in [0.1, 0.15) is 22.8 Å². The number of ether oxygens (including phenoxy) is 1. The van der Waals surface area contributed by atoms with Crippen molar-refractivity contribution in [2.45, 2.75) is 13.8 Å². The minimum Gasteiger partial charge on any atom is -0.494 e. The molecule has 0 radical (unpaired) electrons. The fraction of sp³-hybridized carbons (Fsp3) is 0.391. The highest BCUT2D eigenvalue weighted by atomic mass is 35.5. The van der Waals surface area contributed by atoms with Gasteiger partial charge in [0, 0.05) is 44.8 Å². The van der Waals surface area contributed by atoms with Crippen molar-refractivity contribution in [2.75, 3.05) is 50.8 Å². The van der Waals surface area contributed by atoms with Gasteiger partial charge in [-0.1, -0.05) is 29.0 Å². The van der Waals surface area contributed by atoms with Gasteiger partial charge in [-0.2, -0.15) is 0 Å². The van der Waals surface area contributed by atoms with Gasteiger partial charge in [0.15, 0.2) is 5.13 Å². The Balaban J connectivity index is 1.24. The molecular weight excluding hydrogens is 432 g/mol. The molecule has 2 aromatic carbocycles. The van der Waals surface area contributed by atoms with Crippen LogP contribution in [0.5, 0.6) is 5.75 Å². The maximum absolute atomic E-state index is 12.3. The van der Waals surface area contributed by atoms with Gasteiger partial charge in [0.2, 0.25) is 0 Å². The lowest BCUT2D eigenvalue weighted by Gasteiger charge is -2.34. The number of fused-ring (bicyclic) bond motifs is 1. The van der Waals surface area contributed by atoms with Crippen molar-refractivity contribution in [2.24, 2.45) is 0 Å². The van der Waals surface area contributed by atoms with Crippen LogP contribution < -0.4 is 15.0 Å². The van der Waals surface area contributed by atoms with E-state index in [0.717, 1.165) is 64.4 Å². The first kappa shape index (κ1) is 21.9. The largest absolute Gasteiger partial charge is 0.494 e. The molecule has 0 saturated carbocycles. The Bertz CT molecular complexity index is 1010. The number of benzene rings is 2. The van der Waals surface area contributed by atoms with Crippen molar-refractivity contribution in [3.8, 4) is 5.75 Å². The van der Waals surface area contributed by atoms with Crippen molar-refractivity contribution in [1.82, 2.24) is 15.2 Å². The number of carbonyl (C=O) groups excluding carboxylic acids is 1. The summed E-state index contributed by atoms with van der Waals surface area (Å²) in [5, 5.41) is 4.82. The Hall–Kier alpha value is -2.35. The average molecular weight is 459 g/mol. The van der Waals surface area contributed by atoms with Crippen LogP contribution >= 0.6 is 22.9 Å². The monoisotopic (exact) mass is 458 g/mol. The van der Waals surface area contributed by atoms with E-state index in [1.54, 1.807) is 23.5 Å². The van der Waals surface area contributed by atoms with E-state index in [1.807, 2.05) is 31.2 Å². The van der Waals surface area contributed by atoms with Crippen LogP contribution in [0, 0.1) is 6.92 Å². The second kappa shape index (κ2) is 9.85. The van der Waals surface area contributed by atoms with Gasteiger partial charge in [-0.25, -0.2) is 4.98 Å². The van der Waals surface area contributed by atoms with Gasteiger partial charge in [-0.05, 0) is 49.7 Å². The van der Waals surface area contributed by atoms with E-state index in [-0.39, 0.29) is 5.91 Å². The second-order valence-electron chi connectivity index (χ2n) is 7.58. The number of hydrogen-bond acceptors (Lipinski definition) is 6. The molecule has 1 fully saturated rings. The lowest BCUT2D eigenvalue weighted by atomic mass is 10.2. The fourth-order valence-corrected chi connectivity index (χ4v) is 5.06. The van der Waals surface area contributed by atoms with Gasteiger partial charge >= 0.3 is 0 Å². The molecule has 0 aliphatic carbocycles. The maximum atomic E-state index is 12.3. The maximum Gasteiger partial charge on any atom is 0.251 e. The summed E-state index contributed by atoms with van der Waals surface area (Å²) in [4.78, 5) is 21.9. The third kappa shape index (κ3) is 5.11. The molecule has 1 N–H and O–H groups in total. The third-order valence-electron chi connectivity index (χ3n) is 5.47. The highest BCUT2D eigenvalue weighted by Crippen LogP contribution is 2.35. The molecule has 1 amide bonds. The standard InChI is InChI=1S/C23H27ClN4O2S/c1-3-30-18-7-5-17(6-8-18)22(29)25-10-11-27-12-14-28(15-13-27)23-26-20-16(2)4-9-19(24)21(20)31-23/h4-9H,3,10-15H2,1-2H3,(H,25,29). The number of hydrogen-bond donors (Lipinski definition) is 1. The number of halogens is 1. The molecule has 31 heavy (non-hydrogen) atoms. The summed E-state index contributed by atoms with van der Waals surface area (Å²) in [6.07, 6.45) is 0. The van der Waals surface area contributed by atoms with Crippen molar-refractivity contribution >= 4 is 44.2 Å². The van der Waals surface area contributed by atoms with Crippen molar-refractivity contribution in [3.63, 3.8) is 0 Å². The average Bonchev–Trinajstić information content (AvgIpc) is 3.24. The van der Waals surface area contributed by atoms with Gasteiger partial charge in [-0.15, -0.1) is 0 Å². The van der Waals surface area contributed by atoms with Crippen LogP contribution in [0.15, 0.2) is 36.4 Å². The molecule has 2 heterocycles. The van der Waals surface area contributed by atoms with Crippen molar-refractivity contribution in [1.29, 1.82) is 0 Å². The summed E-state index contributed by atoms with van der Waals surface area (Å²) in [6, 6.07) is 11.2. The lowest BCUT2D eigenvalue weighted by Crippen LogP contribution is -2.48. The van der Waals surface area contributed by atoms with E-state index in [0.29, 0.717) is 18.7 Å². The quantitative estimate of drug-likeness (QED) is 0.574. The zero-order chi connectivity index (χ0) is 21.8. The molecule has 1 aromatic heterocycles. The number of rotatable bonds is 7. The number of aromatic nitrogens is 1. The van der Waals surface area contributed by atoms with Gasteiger partial charge in [0.25, 0.3) is 5.91 Å². The lowest BCUT2D eigenvalue weighted by molar-refractivity contribution is 0.0947. The van der Waals surface area contributed by atoms with Gasteiger partial charge in [-0.3, -0.25) is 9.69 Å². The summed E-state index contributed by atoms with van der Waals surface area (Å²) in [5.74, 6) is 0.728. The highest BCUT2D eigenvalue weighted by molar-refractivity contribution is 7.22. The van der Waals surface area contributed by atoms with Gasteiger partial charge < -0.3 is 15.0 Å². The third-order valence-corrected chi connectivity index (χ3v) is 7.05. The van der Waals surface area contributed by atoms with E-state index >= 15 is 0 Å². The molecule has 0 bridgehead atoms. The van der Waals surface area contributed by atoms with Crippen LogP contribution in [-0.2, 0) is 0 Å². The Morgan fingerprint density at radius 3 is 2.58 bits per heavy atom. The number of amides is 1. The first-order chi connectivity index (χ1) is 15.0. The summed E-state index contributed by atoms with van der Waals surface area (Å²) in [5.41, 5.74) is 2.81. The van der Waals surface area contributed by atoms with Crippen LogP contribution in [0.4, 0.5) is 5.13 Å². The molecule has 164 valence electrons. The first-order valence-corrected chi connectivity index (χ1v) is 11.8. The number of aryl methyl sites for hydroxylation is 1. The summed E-state index contributed by atoms with van der Waals surface area (Å²) in [7, 11) is 0. The number of piperazine rings is 1. The number of anilines is 1. The number of thiazole rings is 1. The summed E-state index contributed by atoms with van der Waals surface area (Å²) < 4.78 is 6.48. The SMILES string of the molecule is CCOc1ccc(C(=O)NCCN2CCN(c3nc4c(C)ccc(Cl)c4s3)CC2)cc1. The summed E-state index contributed by atoms with van der Waals surface area (Å²) >= 11 is 8.02. The predicted molar refractivity (Wildman–Crippen MR) is 128 cm³/mol. The molecule has 6 nitrogen and oxygen atoms in total. The molecule has 1 saturated heterocycles. The molecule has 4 rings (SSSR count). The van der Waals surface area contributed by atoms with Crippen molar-refractivity contribution in [3.05, 3.63) is 52.5 Å². The van der Waals surface area contributed by atoms with Crippen LogP contribution in [0.2, 0.25) is 5.02 Å². The van der Waals surface area contributed by atoms with Crippen LogP contribution in [0.25, 0.3) is 10.2 Å². The molecular formula is C23H27ClN4O2S. The van der Waals surface area contributed by atoms with Gasteiger partial charge in [0.1, 0.15) is 5.75 Å². The van der Waals surface area contributed by atoms with Crippen LogP contribution in [0.3, 0.4) is 0 Å². The molecule has 1 aliphatic heterocycles. The normalized spacial score (nSPS) is 14.7. The number of carbonyl (C=O) groups is 1. The summed E-state index contributed by atoms with van der Waals surface area (Å²) in [6.45, 7) is 9.82. The highest BCUT2D eigenvalue weighted by Gasteiger charge is 2.21. The fourth-order valence-electron chi connectivity index (χ4n) is 3.69. The first-order valence-electron chi connectivity index (χ1n) is 10.6. The number of nitrogens with zero attached hydrogens (tertiary/aromatic N) is 3. The van der Waals surface area contributed by atoms with Crippen molar-refractivity contribution < 1.29 is 9.53 Å². The number of nitrogens with one attached hydrogen (secondary N) is 1. The zero-order valence-corrected chi connectivity index (χ0v) is 19.4. The molecule has 0 atom stereocenters. The van der Waals surface area contributed by atoms with E-state index < -0.39 is 0 Å². The van der Waals surface area contributed by atoms with E-state index in [2.05, 4.69) is 22.0 Å². The van der Waals surface area contributed by atoms with E-state index in [9.17, 15) is 4.79 Å². The molecule has 1 aliphatic rings. The van der Waals surface area contributed by atoms with E-state index in [1.165, 1.54) is 0 Å². The molecule has 3 aromatic rings. The minimum absolute atomic E-state index is 0.0524. The van der Waals surface area contributed by atoms with Crippen LogP contribution in [-0.4, -0.2) is 61.7 Å². The Morgan fingerprint density at radius 1 is 1.16 bits per heavy atom. The Morgan fingerprint density at radius 2 is 1.90 bits per heavy atom. The zero-order valence-electron chi connectivity index (χ0n) is 17.9. The smallest absolute Gasteiger partial charge is 0.251 e. The topological polar surface area (TPSA) is 57.7 Å². The molecule has 0 spiro atoms. The van der Waals surface area contributed by atoms with E-state index in [4.69, 9.17) is 21.3 Å². The molecule has 0 unspecified atom stereocenters. The predicted octanol–water partition coefficient (Wildman–Crippen LogP) is 4.21. The molecule has 8 heteroatoms. The Kier molecular flexibility index (Phi) is 6.95. The Labute approximate surface area is 191 Å². The van der Waals surface area contributed by atoms with Gasteiger partial charge in [0.05, 0.1) is 21.8 Å².